The van der Waals surface area contributed by atoms with Crippen LogP contribution in [0, 0.1) is 0 Å². The first kappa shape index (κ1) is 12.2. The Morgan fingerprint density at radius 1 is 1.42 bits per heavy atom. The second-order valence-corrected chi connectivity index (χ2v) is 4.76. The number of nitrogens with zero attached hydrogens (tertiary/aromatic N) is 7. The zero-order valence-electron chi connectivity index (χ0n) is 11.1. The molecule has 3 rings (SSSR count). The summed E-state index contributed by atoms with van der Waals surface area (Å²) in [6.45, 7) is 5.44. The Morgan fingerprint density at radius 3 is 3.05 bits per heavy atom. The maximum Gasteiger partial charge on any atom is 0.173 e. The van der Waals surface area contributed by atoms with Gasteiger partial charge in [0.05, 0.1) is 31.3 Å². The van der Waals surface area contributed by atoms with Crippen molar-refractivity contribution < 1.29 is 4.74 Å². The number of aromatic nitrogens is 6. The summed E-state index contributed by atoms with van der Waals surface area (Å²) in [4.78, 5) is 2.35. The minimum atomic E-state index is 0.414. The molecule has 1 aliphatic rings. The number of ether oxygens (including phenoxy) is 1. The van der Waals surface area contributed by atoms with E-state index >= 15 is 0 Å². The van der Waals surface area contributed by atoms with Gasteiger partial charge in [0.1, 0.15) is 0 Å². The molecule has 0 amide bonds. The highest BCUT2D eigenvalue weighted by molar-refractivity contribution is 5.15. The van der Waals surface area contributed by atoms with Crippen molar-refractivity contribution in [2.75, 3.05) is 19.8 Å². The summed E-state index contributed by atoms with van der Waals surface area (Å²) < 4.78 is 8.78. The average Bonchev–Trinajstić information content (AvgIpc) is 3.01. The van der Waals surface area contributed by atoms with Gasteiger partial charge in [-0.2, -0.15) is 0 Å². The van der Waals surface area contributed by atoms with E-state index < -0.39 is 0 Å². The second-order valence-electron chi connectivity index (χ2n) is 4.76. The standard InChI is InChI=1S/C11H17N7O/c1-9-8-19-4-3-17(9)6-10-7-18(15-13-10)11-5-12-14-16(11)2/h5,7,9H,3-4,6,8H2,1-2H3/t9-/m1/s1. The first-order chi connectivity index (χ1) is 9.24. The maximum absolute atomic E-state index is 5.43. The van der Waals surface area contributed by atoms with Crippen molar-refractivity contribution in [1.82, 2.24) is 34.9 Å². The highest BCUT2D eigenvalue weighted by Gasteiger charge is 2.20. The summed E-state index contributed by atoms with van der Waals surface area (Å²) >= 11 is 0. The number of hydrogen-bond acceptors (Lipinski definition) is 6. The molecular weight excluding hydrogens is 246 g/mol. The van der Waals surface area contributed by atoms with E-state index in [2.05, 4.69) is 32.4 Å². The van der Waals surface area contributed by atoms with Crippen LogP contribution >= 0.6 is 0 Å². The van der Waals surface area contributed by atoms with E-state index in [1.807, 2.05) is 13.2 Å². The van der Waals surface area contributed by atoms with Crippen LogP contribution in [-0.2, 0) is 18.3 Å². The summed E-state index contributed by atoms with van der Waals surface area (Å²) in [5, 5.41) is 16.0. The summed E-state index contributed by atoms with van der Waals surface area (Å²) in [7, 11) is 1.83. The van der Waals surface area contributed by atoms with Gasteiger partial charge in [0.25, 0.3) is 0 Å². The van der Waals surface area contributed by atoms with Gasteiger partial charge in [-0.15, -0.1) is 10.2 Å². The highest BCUT2D eigenvalue weighted by atomic mass is 16.5. The van der Waals surface area contributed by atoms with Gasteiger partial charge in [0.2, 0.25) is 0 Å². The molecule has 0 spiro atoms. The van der Waals surface area contributed by atoms with E-state index in [1.165, 1.54) is 0 Å². The first-order valence-corrected chi connectivity index (χ1v) is 6.32. The zero-order chi connectivity index (χ0) is 13.2. The molecule has 2 aromatic rings. The summed E-state index contributed by atoms with van der Waals surface area (Å²) in [5.74, 6) is 0.800. The Labute approximate surface area is 111 Å². The molecule has 0 saturated carbocycles. The number of aryl methyl sites for hydroxylation is 1. The van der Waals surface area contributed by atoms with Crippen LogP contribution in [0.5, 0.6) is 0 Å². The van der Waals surface area contributed by atoms with Crippen molar-refractivity contribution in [3.63, 3.8) is 0 Å². The van der Waals surface area contributed by atoms with Crippen molar-refractivity contribution in [3.05, 3.63) is 18.1 Å². The predicted molar refractivity (Wildman–Crippen MR) is 66.6 cm³/mol. The molecule has 3 heterocycles. The zero-order valence-corrected chi connectivity index (χ0v) is 11.1. The van der Waals surface area contributed by atoms with E-state index in [1.54, 1.807) is 15.6 Å². The molecule has 8 nitrogen and oxygen atoms in total. The molecule has 1 atom stereocenters. The quantitative estimate of drug-likeness (QED) is 0.751. The summed E-state index contributed by atoms with van der Waals surface area (Å²) in [6.07, 6.45) is 3.58. The van der Waals surface area contributed by atoms with E-state index in [4.69, 9.17) is 4.74 Å². The average molecular weight is 263 g/mol. The molecule has 0 N–H and O–H groups in total. The molecular formula is C11H17N7O. The Morgan fingerprint density at radius 2 is 2.32 bits per heavy atom. The van der Waals surface area contributed by atoms with Crippen LogP contribution < -0.4 is 0 Å². The largest absolute Gasteiger partial charge is 0.379 e. The normalized spacial score (nSPS) is 20.8. The molecule has 1 fully saturated rings. The third kappa shape index (κ3) is 2.49. The van der Waals surface area contributed by atoms with Crippen molar-refractivity contribution in [2.45, 2.75) is 19.5 Å². The van der Waals surface area contributed by atoms with Gasteiger partial charge in [0.15, 0.2) is 5.82 Å². The van der Waals surface area contributed by atoms with Gasteiger partial charge in [-0.05, 0) is 6.92 Å². The summed E-state index contributed by atoms with van der Waals surface area (Å²) in [5.41, 5.74) is 0.940. The van der Waals surface area contributed by atoms with Gasteiger partial charge in [0, 0.05) is 26.2 Å². The Bertz CT molecular complexity index is 549. The highest BCUT2D eigenvalue weighted by Crippen LogP contribution is 2.11. The lowest BCUT2D eigenvalue weighted by Crippen LogP contribution is -2.42. The second kappa shape index (κ2) is 5.06. The molecule has 1 saturated heterocycles. The van der Waals surface area contributed by atoms with Crippen molar-refractivity contribution in [1.29, 1.82) is 0 Å². The number of morpholine rings is 1. The van der Waals surface area contributed by atoms with Crippen LogP contribution in [0.4, 0.5) is 0 Å². The van der Waals surface area contributed by atoms with Gasteiger partial charge in [-0.3, -0.25) is 4.90 Å². The lowest BCUT2D eigenvalue weighted by Gasteiger charge is -2.32. The third-order valence-electron chi connectivity index (χ3n) is 3.34. The van der Waals surface area contributed by atoms with Crippen LogP contribution in [-0.4, -0.2) is 60.7 Å². The molecule has 0 unspecified atom stereocenters. The van der Waals surface area contributed by atoms with E-state index in [-0.39, 0.29) is 0 Å². The fraction of sp³-hybridized carbons (Fsp3) is 0.636. The lowest BCUT2D eigenvalue weighted by molar-refractivity contribution is -0.00492. The molecule has 19 heavy (non-hydrogen) atoms. The predicted octanol–water partition coefficient (Wildman–Crippen LogP) is -0.384. The molecule has 1 aliphatic heterocycles. The maximum atomic E-state index is 5.43. The van der Waals surface area contributed by atoms with Crippen molar-refractivity contribution in [3.8, 4) is 5.82 Å². The fourth-order valence-electron chi connectivity index (χ4n) is 2.18. The molecule has 2 aromatic heterocycles. The Kier molecular flexibility index (Phi) is 3.26. The Balaban J connectivity index is 1.73. The number of rotatable bonds is 3. The van der Waals surface area contributed by atoms with E-state index in [0.717, 1.165) is 37.8 Å². The lowest BCUT2D eigenvalue weighted by atomic mass is 10.2. The van der Waals surface area contributed by atoms with Crippen LogP contribution in [0.2, 0.25) is 0 Å². The van der Waals surface area contributed by atoms with Crippen LogP contribution in [0.3, 0.4) is 0 Å². The third-order valence-corrected chi connectivity index (χ3v) is 3.34. The smallest absolute Gasteiger partial charge is 0.173 e. The molecule has 0 aromatic carbocycles. The molecule has 102 valence electrons. The van der Waals surface area contributed by atoms with Gasteiger partial charge in [-0.1, -0.05) is 10.4 Å². The van der Waals surface area contributed by atoms with Crippen LogP contribution in [0.15, 0.2) is 12.4 Å². The van der Waals surface area contributed by atoms with Crippen LogP contribution in [0.1, 0.15) is 12.6 Å². The fourth-order valence-corrected chi connectivity index (χ4v) is 2.18. The molecule has 0 radical (unpaired) electrons. The summed E-state index contributed by atoms with van der Waals surface area (Å²) in [6, 6.07) is 0.414. The van der Waals surface area contributed by atoms with Gasteiger partial charge >= 0.3 is 0 Å². The van der Waals surface area contributed by atoms with Crippen LogP contribution in [0.25, 0.3) is 5.82 Å². The first-order valence-electron chi connectivity index (χ1n) is 6.32. The SMILES string of the molecule is C[C@@H]1COCCN1Cc1cn(-c2cnnn2C)nn1. The van der Waals surface area contributed by atoms with Crippen molar-refractivity contribution >= 4 is 0 Å². The van der Waals surface area contributed by atoms with E-state index in [0.29, 0.717) is 6.04 Å². The van der Waals surface area contributed by atoms with E-state index in [9.17, 15) is 0 Å². The van der Waals surface area contributed by atoms with Gasteiger partial charge < -0.3 is 4.74 Å². The molecule has 0 aliphatic carbocycles. The number of hydrogen-bond donors (Lipinski definition) is 0. The minimum Gasteiger partial charge on any atom is -0.379 e. The Hall–Kier alpha value is -1.80. The minimum absolute atomic E-state index is 0.414. The van der Waals surface area contributed by atoms with Crippen molar-refractivity contribution in [2.24, 2.45) is 7.05 Å². The molecule has 0 bridgehead atoms. The monoisotopic (exact) mass is 263 g/mol. The van der Waals surface area contributed by atoms with Gasteiger partial charge in [-0.25, -0.2) is 9.36 Å². The molecule has 8 heteroatoms. The topological polar surface area (TPSA) is 73.9 Å².